The van der Waals surface area contributed by atoms with Crippen LogP contribution in [0.5, 0.6) is 0 Å². The molecule has 0 saturated heterocycles. The molecule has 0 radical (unpaired) electrons. The molecule has 1 heterocycles. The van der Waals surface area contributed by atoms with Crippen LogP contribution in [0.1, 0.15) is 56.7 Å². The molecule has 2 amide bonds. The van der Waals surface area contributed by atoms with Crippen LogP contribution in [0.15, 0.2) is 24.3 Å². The molecule has 8 nitrogen and oxygen atoms in total. The molecule has 0 unspecified atom stereocenters. The number of nitrogens with one attached hydrogen (secondary N) is 2. The van der Waals surface area contributed by atoms with Gasteiger partial charge in [-0.3, -0.25) is 9.59 Å². The molecule has 9 heteroatoms. The standard InChI is InChI=1S/C21H24N2O6S/c1-6-29-21(27)15-12(4)16(30-19(15)23-17(24)11(2)3)18(25)22-14-10-8-7-9-13(14)20(26)28-5/h7-11H,6H2,1-5H3,(H,22,25)(H,23,24). The summed E-state index contributed by atoms with van der Waals surface area (Å²) >= 11 is 0.972. The predicted octanol–water partition coefficient (Wildman–Crippen LogP) is 3.87. The van der Waals surface area contributed by atoms with E-state index in [0.29, 0.717) is 5.56 Å². The van der Waals surface area contributed by atoms with Crippen LogP contribution in [0, 0.1) is 12.8 Å². The zero-order valence-electron chi connectivity index (χ0n) is 17.5. The van der Waals surface area contributed by atoms with Crippen molar-refractivity contribution in [3.8, 4) is 0 Å². The zero-order valence-corrected chi connectivity index (χ0v) is 18.3. The number of rotatable bonds is 7. The molecule has 1 aromatic heterocycles. The predicted molar refractivity (Wildman–Crippen MR) is 114 cm³/mol. The molecule has 160 valence electrons. The van der Waals surface area contributed by atoms with Crippen molar-refractivity contribution in [3.05, 3.63) is 45.8 Å². The normalized spacial score (nSPS) is 10.5. The van der Waals surface area contributed by atoms with Crippen LogP contribution in [0.4, 0.5) is 10.7 Å². The topological polar surface area (TPSA) is 111 Å². The number of hydrogen-bond acceptors (Lipinski definition) is 7. The molecule has 2 aromatic rings. The highest BCUT2D eigenvalue weighted by Crippen LogP contribution is 2.35. The van der Waals surface area contributed by atoms with Crippen molar-refractivity contribution in [2.45, 2.75) is 27.7 Å². The van der Waals surface area contributed by atoms with E-state index in [0.717, 1.165) is 11.3 Å². The molecule has 0 aliphatic carbocycles. The van der Waals surface area contributed by atoms with Crippen LogP contribution < -0.4 is 10.6 Å². The van der Waals surface area contributed by atoms with Gasteiger partial charge in [0.05, 0.1) is 35.4 Å². The van der Waals surface area contributed by atoms with Crippen LogP contribution in [-0.4, -0.2) is 37.5 Å². The van der Waals surface area contributed by atoms with Gasteiger partial charge in [0.15, 0.2) is 0 Å². The summed E-state index contributed by atoms with van der Waals surface area (Å²) in [7, 11) is 1.25. The minimum Gasteiger partial charge on any atom is -0.465 e. The second kappa shape index (κ2) is 10.0. The second-order valence-electron chi connectivity index (χ2n) is 6.62. The average Bonchev–Trinajstić information content (AvgIpc) is 3.03. The van der Waals surface area contributed by atoms with E-state index in [2.05, 4.69) is 10.6 Å². The first-order chi connectivity index (χ1) is 14.2. The minimum atomic E-state index is -0.626. The lowest BCUT2D eigenvalue weighted by Gasteiger charge is -2.09. The molecule has 0 bridgehead atoms. The van der Waals surface area contributed by atoms with E-state index in [4.69, 9.17) is 9.47 Å². The Morgan fingerprint density at radius 1 is 1.07 bits per heavy atom. The summed E-state index contributed by atoms with van der Waals surface area (Å²) in [6, 6.07) is 6.42. The number of ether oxygens (including phenoxy) is 2. The fourth-order valence-corrected chi connectivity index (χ4v) is 3.68. The van der Waals surface area contributed by atoms with Crippen LogP contribution >= 0.6 is 11.3 Å². The average molecular weight is 432 g/mol. The Morgan fingerprint density at radius 2 is 1.73 bits per heavy atom. The quantitative estimate of drug-likeness (QED) is 0.643. The number of anilines is 2. The van der Waals surface area contributed by atoms with Gasteiger partial charge in [-0.05, 0) is 31.5 Å². The number of esters is 2. The van der Waals surface area contributed by atoms with Gasteiger partial charge in [-0.25, -0.2) is 9.59 Å². The lowest BCUT2D eigenvalue weighted by atomic mass is 10.1. The summed E-state index contributed by atoms with van der Waals surface area (Å²) < 4.78 is 9.83. The highest BCUT2D eigenvalue weighted by molar-refractivity contribution is 7.19. The summed E-state index contributed by atoms with van der Waals surface area (Å²) in [5.41, 5.74) is 0.988. The van der Waals surface area contributed by atoms with Crippen molar-refractivity contribution >= 4 is 45.8 Å². The number of thiophene rings is 1. The summed E-state index contributed by atoms with van der Waals surface area (Å²) in [5, 5.41) is 5.62. The summed E-state index contributed by atoms with van der Waals surface area (Å²) in [6.45, 7) is 6.87. The Bertz CT molecular complexity index is 980. The Hall–Kier alpha value is -3.20. The molecule has 0 fully saturated rings. The van der Waals surface area contributed by atoms with Gasteiger partial charge in [-0.1, -0.05) is 26.0 Å². The number of hydrogen-bond donors (Lipinski definition) is 2. The monoisotopic (exact) mass is 432 g/mol. The number of benzene rings is 1. The lowest BCUT2D eigenvalue weighted by Crippen LogP contribution is -2.19. The molecule has 0 atom stereocenters. The molecule has 0 spiro atoms. The van der Waals surface area contributed by atoms with Gasteiger partial charge in [0.2, 0.25) is 5.91 Å². The van der Waals surface area contributed by atoms with E-state index in [1.165, 1.54) is 13.2 Å². The third-order valence-electron chi connectivity index (χ3n) is 4.17. The Labute approximate surface area is 178 Å². The summed E-state index contributed by atoms with van der Waals surface area (Å²) in [5.74, 6) is -2.34. The fourth-order valence-electron chi connectivity index (χ4n) is 2.58. The third kappa shape index (κ3) is 5.04. The molecule has 1 aromatic carbocycles. The Kier molecular flexibility index (Phi) is 7.71. The molecule has 2 N–H and O–H groups in total. The maximum atomic E-state index is 12.9. The van der Waals surface area contributed by atoms with Crippen molar-refractivity contribution in [1.82, 2.24) is 0 Å². The fraction of sp³-hybridized carbons (Fsp3) is 0.333. The highest BCUT2D eigenvalue weighted by atomic mass is 32.1. The second-order valence-corrected chi connectivity index (χ2v) is 7.64. The maximum absolute atomic E-state index is 12.9. The van der Waals surface area contributed by atoms with Crippen molar-refractivity contribution in [2.24, 2.45) is 5.92 Å². The van der Waals surface area contributed by atoms with E-state index in [-0.39, 0.29) is 45.1 Å². The number of methoxy groups -OCH3 is 1. The van der Waals surface area contributed by atoms with Gasteiger partial charge in [0, 0.05) is 5.92 Å². The van der Waals surface area contributed by atoms with E-state index in [9.17, 15) is 19.2 Å². The first kappa shape index (κ1) is 23.1. The van der Waals surface area contributed by atoms with E-state index in [1.807, 2.05) is 0 Å². The number of carbonyl (C=O) groups is 4. The third-order valence-corrected chi connectivity index (χ3v) is 5.38. The molecule has 0 aliphatic heterocycles. The van der Waals surface area contributed by atoms with Gasteiger partial charge >= 0.3 is 11.9 Å². The first-order valence-electron chi connectivity index (χ1n) is 9.31. The molecular weight excluding hydrogens is 408 g/mol. The molecule has 2 rings (SSSR count). The van der Waals surface area contributed by atoms with E-state index in [1.54, 1.807) is 45.9 Å². The molecule has 0 saturated carbocycles. The first-order valence-corrected chi connectivity index (χ1v) is 10.1. The Morgan fingerprint density at radius 3 is 2.33 bits per heavy atom. The van der Waals surface area contributed by atoms with Crippen LogP contribution in [0.2, 0.25) is 0 Å². The van der Waals surface area contributed by atoms with E-state index < -0.39 is 17.8 Å². The molecule has 30 heavy (non-hydrogen) atoms. The van der Waals surface area contributed by atoms with E-state index >= 15 is 0 Å². The molecular formula is C21H24N2O6S. The van der Waals surface area contributed by atoms with Crippen LogP contribution in [0.25, 0.3) is 0 Å². The lowest BCUT2D eigenvalue weighted by molar-refractivity contribution is -0.118. The number of carbonyl (C=O) groups excluding carboxylic acids is 4. The van der Waals surface area contributed by atoms with Crippen molar-refractivity contribution in [3.63, 3.8) is 0 Å². The SMILES string of the molecule is CCOC(=O)c1c(NC(=O)C(C)C)sc(C(=O)Nc2ccccc2C(=O)OC)c1C. The smallest absolute Gasteiger partial charge is 0.341 e. The van der Waals surface area contributed by atoms with Crippen LogP contribution in [0.3, 0.4) is 0 Å². The zero-order chi connectivity index (χ0) is 22.4. The van der Waals surface area contributed by atoms with Gasteiger partial charge in [0.25, 0.3) is 5.91 Å². The van der Waals surface area contributed by atoms with Gasteiger partial charge in [-0.15, -0.1) is 11.3 Å². The number of amides is 2. The maximum Gasteiger partial charge on any atom is 0.341 e. The van der Waals surface area contributed by atoms with Gasteiger partial charge < -0.3 is 20.1 Å². The Balaban J connectivity index is 2.44. The van der Waals surface area contributed by atoms with Gasteiger partial charge in [0.1, 0.15) is 5.00 Å². The highest BCUT2D eigenvalue weighted by Gasteiger charge is 2.27. The minimum absolute atomic E-state index is 0.141. The van der Waals surface area contributed by atoms with Gasteiger partial charge in [-0.2, -0.15) is 0 Å². The van der Waals surface area contributed by atoms with Crippen LogP contribution in [-0.2, 0) is 14.3 Å². The van der Waals surface area contributed by atoms with Crippen molar-refractivity contribution in [2.75, 3.05) is 24.4 Å². The molecule has 0 aliphatic rings. The number of para-hydroxylation sites is 1. The summed E-state index contributed by atoms with van der Waals surface area (Å²) in [4.78, 5) is 49.7. The largest absolute Gasteiger partial charge is 0.465 e. The summed E-state index contributed by atoms with van der Waals surface area (Å²) in [6.07, 6.45) is 0. The van der Waals surface area contributed by atoms with Crippen molar-refractivity contribution in [1.29, 1.82) is 0 Å². The van der Waals surface area contributed by atoms with Crippen molar-refractivity contribution < 1.29 is 28.7 Å².